The lowest BCUT2D eigenvalue weighted by Gasteiger charge is -2.20. The van der Waals surface area contributed by atoms with Crippen molar-refractivity contribution in [3.8, 4) is 0 Å². The van der Waals surface area contributed by atoms with Gasteiger partial charge in [-0.1, -0.05) is 22.3 Å². The summed E-state index contributed by atoms with van der Waals surface area (Å²) >= 11 is 0. The lowest BCUT2D eigenvalue weighted by Crippen LogP contribution is -2.07. The molecular formula is C20H30. The predicted octanol–water partition coefficient (Wildman–Crippen LogP) is 6.37. The summed E-state index contributed by atoms with van der Waals surface area (Å²) < 4.78 is 0. The minimum atomic E-state index is 0.691. The molecule has 20 heavy (non-hydrogen) atoms. The number of hydrogen-bond donors (Lipinski definition) is 0. The second-order valence-electron chi connectivity index (χ2n) is 6.91. The smallest absolute Gasteiger partial charge is 0.00134 e. The van der Waals surface area contributed by atoms with Crippen molar-refractivity contribution >= 4 is 0 Å². The second-order valence-corrected chi connectivity index (χ2v) is 6.91. The summed E-state index contributed by atoms with van der Waals surface area (Å²) in [5.74, 6) is 1.38. The molecule has 0 fully saturated rings. The maximum atomic E-state index is 2.33. The van der Waals surface area contributed by atoms with Crippen LogP contribution < -0.4 is 0 Å². The molecule has 0 nitrogen and oxygen atoms in total. The fourth-order valence-corrected chi connectivity index (χ4v) is 4.08. The monoisotopic (exact) mass is 270 g/mol. The zero-order valence-corrected chi connectivity index (χ0v) is 14.6. The largest absolute Gasteiger partial charge is 0.0630 e. The van der Waals surface area contributed by atoms with Crippen LogP contribution in [0.25, 0.3) is 0 Å². The van der Waals surface area contributed by atoms with Gasteiger partial charge in [0.2, 0.25) is 0 Å². The molecular weight excluding hydrogens is 240 g/mol. The minimum Gasteiger partial charge on any atom is -0.0630 e. The third-order valence-corrected chi connectivity index (χ3v) is 6.33. The lowest BCUT2D eigenvalue weighted by atomic mass is 9.84. The van der Waals surface area contributed by atoms with E-state index in [1.165, 1.54) is 35.1 Å². The summed E-state index contributed by atoms with van der Waals surface area (Å²) in [6, 6.07) is 0. The van der Waals surface area contributed by atoms with Crippen LogP contribution in [-0.2, 0) is 0 Å². The number of allylic oxidation sites excluding steroid dienone is 8. The van der Waals surface area contributed by atoms with Gasteiger partial charge in [-0.05, 0) is 90.5 Å². The Bertz CT molecular complexity index is 461. The molecule has 0 radical (unpaired) electrons. The van der Waals surface area contributed by atoms with Crippen molar-refractivity contribution in [2.75, 3.05) is 0 Å². The Labute approximate surface area is 125 Å². The van der Waals surface area contributed by atoms with E-state index in [2.05, 4.69) is 55.4 Å². The Balaban J connectivity index is 2.13. The number of rotatable bonds is 3. The summed E-state index contributed by atoms with van der Waals surface area (Å²) in [6.07, 6.45) is 2.60. The zero-order chi connectivity index (χ0) is 15.2. The van der Waals surface area contributed by atoms with Crippen LogP contribution in [0.5, 0.6) is 0 Å². The Hall–Kier alpha value is -1.04. The molecule has 0 atom stereocenters. The molecule has 0 bridgehead atoms. The van der Waals surface area contributed by atoms with Gasteiger partial charge >= 0.3 is 0 Å². The van der Waals surface area contributed by atoms with Gasteiger partial charge in [0, 0.05) is 11.8 Å². The average molecular weight is 270 g/mol. The molecule has 0 unspecified atom stereocenters. The standard InChI is InChI=1S/C20H30/c1-11-12(2)16(6)19(15(11)5)9-10-20-17(7)13(3)14(4)18(20)8/h19-20H,9-10H2,1-8H3. The molecule has 0 spiro atoms. The summed E-state index contributed by atoms with van der Waals surface area (Å²) in [5, 5.41) is 0. The van der Waals surface area contributed by atoms with Gasteiger partial charge in [0.15, 0.2) is 0 Å². The van der Waals surface area contributed by atoms with Crippen molar-refractivity contribution in [1.29, 1.82) is 0 Å². The van der Waals surface area contributed by atoms with Crippen molar-refractivity contribution in [3.63, 3.8) is 0 Å². The Morgan fingerprint density at radius 2 is 0.650 bits per heavy atom. The molecule has 0 heteroatoms. The van der Waals surface area contributed by atoms with Gasteiger partial charge in [0.05, 0.1) is 0 Å². The van der Waals surface area contributed by atoms with Gasteiger partial charge in [-0.3, -0.25) is 0 Å². The predicted molar refractivity (Wildman–Crippen MR) is 89.7 cm³/mol. The van der Waals surface area contributed by atoms with Crippen LogP contribution in [0, 0.1) is 11.8 Å². The van der Waals surface area contributed by atoms with E-state index in [-0.39, 0.29) is 0 Å². The molecule has 0 aromatic heterocycles. The van der Waals surface area contributed by atoms with E-state index in [0.29, 0.717) is 11.8 Å². The van der Waals surface area contributed by atoms with Crippen LogP contribution >= 0.6 is 0 Å². The number of hydrogen-bond acceptors (Lipinski definition) is 0. The van der Waals surface area contributed by atoms with E-state index < -0.39 is 0 Å². The molecule has 0 saturated carbocycles. The van der Waals surface area contributed by atoms with E-state index in [1.54, 1.807) is 22.3 Å². The molecule has 0 saturated heterocycles. The maximum Gasteiger partial charge on any atom is 0.00134 e. The Morgan fingerprint density at radius 1 is 0.450 bits per heavy atom. The summed E-state index contributed by atoms with van der Waals surface area (Å²) in [7, 11) is 0. The zero-order valence-electron chi connectivity index (χ0n) is 14.6. The van der Waals surface area contributed by atoms with Gasteiger partial charge in [0.1, 0.15) is 0 Å². The molecule has 0 amide bonds. The fraction of sp³-hybridized carbons (Fsp3) is 0.600. The highest BCUT2D eigenvalue weighted by Gasteiger charge is 2.28. The third kappa shape index (κ3) is 2.24. The third-order valence-electron chi connectivity index (χ3n) is 6.33. The average Bonchev–Trinajstić information content (AvgIpc) is 2.72. The van der Waals surface area contributed by atoms with E-state index >= 15 is 0 Å². The maximum absolute atomic E-state index is 2.33. The van der Waals surface area contributed by atoms with Crippen LogP contribution in [0.2, 0.25) is 0 Å². The van der Waals surface area contributed by atoms with Crippen molar-refractivity contribution in [2.24, 2.45) is 11.8 Å². The normalized spacial score (nSPS) is 22.2. The van der Waals surface area contributed by atoms with Crippen LogP contribution in [-0.4, -0.2) is 0 Å². The molecule has 0 aromatic rings. The van der Waals surface area contributed by atoms with Gasteiger partial charge in [-0.15, -0.1) is 0 Å². The highest BCUT2D eigenvalue weighted by atomic mass is 14.3. The van der Waals surface area contributed by atoms with Gasteiger partial charge in [-0.25, -0.2) is 0 Å². The van der Waals surface area contributed by atoms with Crippen molar-refractivity contribution in [2.45, 2.75) is 68.2 Å². The van der Waals surface area contributed by atoms with Crippen LogP contribution in [0.15, 0.2) is 44.6 Å². The molecule has 0 heterocycles. The van der Waals surface area contributed by atoms with E-state index in [4.69, 9.17) is 0 Å². The first-order valence-corrected chi connectivity index (χ1v) is 7.97. The first kappa shape index (κ1) is 15.4. The Kier molecular flexibility index (Phi) is 4.14. The highest BCUT2D eigenvalue weighted by molar-refractivity contribution is 5.48. The first-order valence-electron chi connectivity index (χ1n) is 7.97. The molecule has 0 aromatic carbocycles. The van der Waals surface area contributed by atoms with Crippen LogP contribution in [0.1, 0.15) is 68.2 Å². The van der Waals surface area contributed by atoms with Crippen molar-refractivity contribution in [1.82, 2.24) is 0 Å². The molecule has 0 aliphatic heterocycles. The van der Waals surface area contributed by atoms with Crippen LogP contribution in [0.4, 0.5) is 0 Å². The first-order chi connectivity index (χ1) is 9.27. The van der Waals surface area contributed by atoms with Crippen molar-refractivity contribution in [3.05, 3.63) is 44.6 Å². The molecule has 110 valence electrons. The second kappa shape index (κ2) is 5.39. The highest BCUT2D eigenvalue weighted by Crippen LogP contribution is 2.43. The van der Waals surface area contributed by atoms with Crippen LogP contribution in [0.3, 0.4) is 0 Å². The minimum absolute atomic E-state index is 0.691. The van der Waals surface area contributed by atoms with Gasteiger partial charge < -0.3 is 0 Å². The fourth-order valence-electron chi connectivity index (χ4n) is 4.08. The molecule has 2 rings (SSSR count). The molecule has 0 N–H and O–H groups in total. The molecule has 2 aliphatic carbocycles. The Morgan fingerprint density at radius 3 is 0.850 bits per heavy atom. The summed E-state index contributed by atoms with van der Waals surface area (Å²) in [4.78, 5) is 0. The van der Waals surface area contributed by atoms with E-state index in [9.17, 15) is 0 Å². The summed E-state index contributed by atoms with van der Waals surface area (Å²) in [5.41, 5.74) is 12.6. The van der Waals surface area contributed by atoms with E-state index in [0.717, 1.165) is 0 Å². The van der Waals surface area contributed by atoms with E-state index in [1.807, 2.05) is 0 Å². The van der Waals surface area contributed by atoms with Gasteiger partial charge in [0.25, 0.3) is 0 Å². The lowest BCUT2D eigenvalue weighted by molar-refractivity contribution is 0.538. The van der Waals surface area contributed by atoms with Crippen molar-refractivity contribution < 1.29 is 0 Å². The molecule has 2 aliphatic rings. The quantitative estimate of drug-likeness (QED) is 0.559. The van der Waals surface area contributed by atoms with Gasteiger partial charge in [-0.2, -0.15) is 0 Å². The SMILES string of the molecule is CC1=C(C)C(CCC2C(C)=C(C)C(C)=C2C)C(C)=C1C. The topological polar surface area (TPSA) is 0 Å². The summed E-state index contributed by atoms with van der Waals surface area (Å²) in [6.45, 7) is 18.5.